The first kappa shape index (κ1) is 20.9. The van der Waals surface area contributed by atoms with Crippen molar-refractivity contribution in [3.05, 3.63) is 58.9 Å². The molecule has 1 aliphatic rings. The summed E-state index contributed by atoms with van der Waals surface area (Å²) in [6, 6.07) is 12.1. The fourth-order valence-corrected chi connectivity index (χ4v) is 4.26. The Bertz CT molecular complexity index is 753. The fraction of sp³-hybridized carbons (Fsp3) is 0.522. The first-order valence-electron chi connectivity index (χ1n) is 10.3. The lowest BCUT2D eigenvalue weighted by molar-refractivity contribution is -0.137. The smallest absolute Gasteiger partial charge is 0.226 e. The van der Waals surface area contributed by atoms with Crippen LogP contribution in [0.3, 0.4) is 0 Å². The van der Waals surface area contributed by atoms with Gasteiger partial charge in [-0.15, -0.1) is 0 Å². The van der Waals surface area contributed by atoms with E-state index in [-0.39, 0.29) is 5.92 Å². The predicted molar refractivity (Wildman–Crippen MR) is 113 cm³/mol. The molecule has 1 fully saturated rings. The minimum absolute atomic E-state index is 0.188. The Morgan fingerprint density at radius 2 is 2.04 bits per heavy atom. The van der Waals surface area contributed by atoms with Crippen LogP contribution in [0, 0.1) is 5.92 Å². The third-order valence-electron chi connectivity index (χ3n) is 5.56. The van der Waals surface area contributed by atoms with E-state index in [4.69, 9.17) is 16.3 Å². The molecule has 1 aliphatic carbocycles. The van der Waals surface area contributed by atoms with E-state index in [9.17, 15) is 4.79 Å². The summed E-state index contributed by atoms with van der Waals surface area (Å²) in [5.74, 6) is 0.499. The van der Waals surface area contributed by atoms with Crippen LogP contribution in [0.2, 0.25) is 5.02 Å². The number of rotatable bonds is 9. The van der Waals surface area contributed by atoms with E-state index in [1.54, 1.807) is 7.11 Å². The number of carbonyl (C=O) groups is 1. The average molecular weight is 403 g/mol. The van der Waals surface area contributed by atoms with Crippen molar-refractivity contribution >= 4 is 17.5 Å². The molecular weight excluding hydrogens is 372 g/mol. The Kier molecular flexibility index (Phi) is 7.99. The largest absolute Gasteiger partial charge is 0.385 e. The number of amides is 1. The summed E-state index contributed by atoms with van der Waals surface area (Å²) in [4.78, 5) is 15.2. The van der Waals surface area contributed by atoms with E-state index in [1.807, 2.05) is 23.1 Å². The summed E-state index contributed by atoms with van der Waals surface area (Å²) in [5, 5.41) is 0.750. The van der Waals surface area contributed by atoms with Gasteiger partial charge in [-0.05, 0) is 49.1 Å². The zero-order valence-electron chi connectivity index (χ0n) is 16.8. The van der Waals surface area contributed by atoms with E-state index in [0.717, 1.165) is 48.6 Å². The van der Waals surface area contributed by atoms with Gasteiger partial charge in [-0.2, -0.15) is 0 Å². The molecule has 1 aromatic carbocycles. The van der Waals surface area contributed by atoms with Crippen molar-refractivity contribution in [3.63, 3.8) is 0 Å². The van der Waals surface area contributed by atoms with Gasteiger partial charge in [0.1, 0.15) is 0 Å². The molecule has 1 saturated carbocycles. The molecule has 0 aliphatic heterocycles. The lowest BCUT2D eigenvalue weighted by atomic mass is 9.88. The molecule has 1 heterocycles. The number of aromatic nitrogens is 1. The minimum atomic E-state index is 0.188. The molecule has 0 radical (unpaired) electrons. The molecule has 28 heavy (non-hydrogen) atoms. The van der Waals surface area contributed by atoms with Crippen molar-refractivity contribution in [2.24, 2.45) is 5.92 Å². The Labute approximate surface area is 173 Å². The number of ether oxygens (including phenoxy) is 1. The van der Waals surface area contributed by atoms with Crippen LogP contribution in [0.1, 0.15) is 49.8 Å². The van der Waals surface area contributed by atoms with Gasteiger partial charge in [0.25, 0.3) is 0 Å². The van der Waals surface area contributed by atoms with Crippen molar-refractivity contribution in [2.45, 2.75) is 51.6 Å². The van der Waals surface area contributed by atoms with Crippen molar-refractivity contribution in [1.29, 1.82) is 0 Å². The maximum absolute atomic E-state index is 13.2. The van der Waals surface area contributed by atoms with Crippen LogP contribution in [0.5, 0.6) is 0 Å². The number of carbonyl (C=O) groups excluding carboxylic acids is 1. The molecule has 0 bridgehead atoms. The molecule has 0 N–H and O–H groups in total. The zero-order chi connectivity index (χ0) is 19.8. The highest BCUT2D eigenvalue weighted by atomic mass is 35.5. The molecule has 1 amide bonds. The fourth-order valence-electron chi connectivity index (χ4n) is 4.05. The van der Waals surface area contributed by atoms with Gasteiger partial charge < -0.3 is 14.2 Å². The molecule has 1 aromatic heterocycles. The number of benzene rings is 1. The van der Waals surface area contributed by atoms with Crippen molar-refractivity contribution < 1.29 is 9.53 Å². The second-order valence-corrected chi connectivity index (χ2v) is 8.13. The Morgan fingerprint density at radius 1 is 1.21 bits per heavy atom. The van der Waals surface area contributed by atoms with Gasteiger partial charge in [0, 0.05) is 49.6 Å². The number of hydrogen-bond donors (Lipinski definition) is 0. The van der Waals surface area contributed by atoms with E-state index in [1.165, 1.54) is 19.3 Å². The van der Waals surface area contributed by atoms with Gasteiger partial charge in [0.2, 0.25) is 5.91 Å². The topological polar surface area (TPSA) is 34.5 Å². The van der Waals surface area contributed by atoms with E-state index >= 15 is 0 Å². The molecule has 0 unspecified atom stereocenters. The first-order chi connectivity index (χ1) is 13.7. The highest BCUT2D eigenvalue weighted by Crippen LogP contribution is 2.26. The summed E-state index contributed by atoms with van der Waals surface area (Å²) in [6.45, 7) is 2.82. The highest BCUT2D eigenvalue weighted by molar-refractivity contribution is 6.30. The number of hydrogen-bond acceptors (Lipinski definition) is 2. The third-order valence-corrected chi connectivity index (χ3v) is 5.80. The monoisotopic (exact) mass is 402 g/mol. The second kappa shape index (κ2) is 10.7. The van der Waals surface area contributed by atoms with Crippen LogP contribution in [-0.2, 0) is 22.6 Å². The molecule has 3 rings (SSSR count). The summed E-state index contributed by atoms with van der Waals surface area (Å²) >= 11 is 6.13. The van der Waals surface area contributed by atoms with Crippen LogP contribution in [-0.4, -0.2) is 35.6 Å². The summed E-state index contributed by atoms with van der Waals surface area (Å²) in [5.41, 5.74) is 2.32. The van der Waals surface area contributed by atoms with Crippen molar-refractivity contribution in [2.75, 3.05) is 20.3 Å². The molecule has 0 spiro atoms. The third kappa shape index (κ3) is 5.86. The van der Waals surface area contributed by atoms with Crippen molar-refractivity contribution in [1.82, 2.24) is 9.47 Å². The molecule has 2 aromatic rings. The molecular formula is C23H31ClN2O2. The molecule has 0 atom stereocenters. The van der Waals surface area contributed by atoms with E-state index < -0.39 is 0 Å². The quantitative estimate of drug-likeness (QED) is 0.544. The maximum Gasteiger partial charge on any atom is 0.226 e. The van der Waals surface area contributed by atoms with Gasteiger partial charge in [0.05, 0.1) is 6.54 Å². The predicted octanol–water partition coefficient (Wildman–Crippen LogP) is 5.14. The number of methoxy groups -OCH3 is 1. The van der Waals surface area contributed by atoms with Crippen LogP contribution in [0.4, 0.5) is 0 Å². The minimum Gasteiger partial charge on any atom is -0.385 e. The standard InChI is InChI=1S/C23H31ClN2O2/c1-28-15-7-14-26(23(27)20-9-3-2-4-10-20)18-22-12-6-13-25(22)17-19-8-5-11-21(24)16-19/h5-6,8,11-13,16,20H,2-4,7,9-10,14-15,17-18H2,1H3. The molecule has 152 valence electrons. The lowest BCUT2D eigenvalue weighted by Crippen LogP contribution is -2.38. The SMILES string of the molecule is COCCCN(Cc1cccn1Cc1cccc(Cl)c1)C(=O)C1CCCCC1. The van der Waals surface area contributed by atoms with Gasteiger partial charge >= 0.3 is 0 Å². The lowest BCUT2D eigenvalue weighted by Gasteiger charge is -2.30. The van der Waals surface area contributed by atoms with Crippen LogP contribution >= 0.6 is 11.6 Å². The van der Waals surface area contributed by atoms with Gasteiger partial charge in [-0.3, -0.25) is 4.79 Å². The number of nitrogens with zero attached hydrogens (tertiary/aromatic N) is 2. The molecule has 0 saturated heterocycles. The van der Waals surface area contributed by atoms with Crippen LogP contribution in [0.15, 0.2) is 42.6 Å². The number of halogens is 1. The normalized spacial score (nSPS) is 14.9. The summed E-state index contributed by atoms with van der Waals surface area (Å²) in [7, 11) is 1.71. The molecule has 5 heteroatoms. The maximum atomic E-state index is 13.2. The summed E-state index contributed by atoms with van der Waals surface area (Å²) < 4.78 is 7.42. The Morgan fingerprint density at radius 3 is 2.79 bits per heavy atom. The van der Waals surface area contributed by atoms with E-state index in [0.29, 0.717) is 19.1 Å². The Hall–Kier alpha value is -1.78. The van der Waals surface area contributed by atoms with E-state index in [2.05, 4.69) is 29.0 Å². The Balaban J connectivity index is 1.71. The first-order valence-corrected chi connectivity index (χ1v) is 10.7. The van der Waals surface area contributed by atoms with Crippen molar-refractivity contribution in [3.8, 4) is 0 Å². The van der Waals surface area contributed by atoms with Gasteiger partial charge in [-0.1, -0.05) is 43.0 Å². The van der Waals surface area contributed by atoms with Gasteiger partial charge in [-0.25, -0.2) is 0 Å². The van der Waals surface area contributed by atoms with Crippen LogP contribution in [0.25, 0.3) is 0 Å². The zero-order valence-corrected chi connectivity index (χ0v) is 17.5. The average Bonchev–Trinajstić information content (AvgIpc) is 3.14. The van der Waals surface area contributed by atoms with Crippen LogP contribution < -0.4 is 0 Å². The van der Waals surface area contributed by atoms with Gasteiger partial charge in [0.15, 0.2) is 0 Å². The molecule has 4 nitrogen and oxygen atoms in total. The summed E-state index contributed by atoms with van der Waals surface area (Å²) in [6.07, 6.45) is 8.61. The highest BCUT2D eigenvalue weighted by Gasteiger charge is 2.26. The second-order valence-electron chi connectivity index (χ2n) is 7.70.